The number of anilines is 1. The van der Waals surface area contributed by atoms with Crippen LogP contribution >= 0.6 is 0 Å². The first-order chi connectivity index (χ1) is 8.65. The Kier molecular flexibility index (Phi) is 3.96. The van der Waals surface area contributed by atoms with Gasteiger partial charge in [-0.2, -0.15) is 0 Å². The van der Waals surface area contributed by atoms with Crippen molar-refractivity contribution in [2.24, 2.45) is 5.92 Å². The van der Waals surface area contributed by atoms with E-state index in [1.54, 1.807) is 13.0 Å². The summed E-state index contributed by atoms with van der Waals surface area (Å²) in [5.74, 6) is 0.211. The predicted octanol–water partition coefficient (Wildman–Crippen LogP) is 1.65. The first-order valence-electron chi connectivity index (χ1n) is 6.05. The number of ether oxygens (including phenoxy) is 1. The van der Waals surface area contributed by atoms with Gasteiger partial charge in [0.05, 0.1) is 5.92 Å². The fourth-order valence-electron chi connectivity index (χ4n) is 2.02. The molecule has 1 heterocycles. The molecule has 2 rings (SSSR count). The van der Waals surface area contributed by atoms with E-state index in [0.29, 0.717) is 11.6 Å². The van der Waals surface area contributed by atoms with Crippen LogP contribution in [0.15, 0.2) is 10.6 Å². The Morgan fingerprint density at radius 2 is 2.22 bits per heavy atom. The molecule has 18 heavy (non-hydrogen) atoms. The molecule has 0 saturated heterocycles. The molecule has 1 N–H and O–H groups in total. The number of esters is 1. The fourth-order valence-corrected chi connectivity index (χ4v) is 2.02. The van der Waals surface area contributed by atoms with Gasteiger partial charge in [-0.05, 0) is 19.8 Å². The number of nitrogens with one attached hydrogen (secondary N) is 1. The van der Waals surface area contributed by atoms with Crippen LogP contribution in [-0.4, -0.2) is 23.6 Å². The summed E-state index contributed by atoms with van der Waals surface area (Å²) in [6.45, 7) is 1.45. The Labute approximate surface area is 105 Å². The number of rotatable bonds is 4. The molecule has 6 nitrogen and oxygen atoms in total. The van der Waals surface area contributed by atoms with Gasteiger partial charge in [0.15, 0.2) is 12.4 Å². The van der Waals surface area contributed by atoms with Crippen LogP contribution in [0.1, 0.15) is 31.4 Å². The summed E-state index contributed by atoms with van der Waals surface area (Å²) in [5.41, 5.74) is 0. The third-order valence-electron chi connectivity index (χ3n) is 2.93. The normalized spacial score (nSPS) is 15.6. The number of hydrogen-bond acceptors (Lipinski definition) is 5. The molecule has 6 heteroatoms. The minimum absolute atomic E-state index is 0.0351. The van der Waals surface area contributed by atoms with Crippen molar-refractivity contribution in [2.75, 3.05) is 11.9 Å². The first-order valence-corrected chi connectivity index (χ1v) is 6.05. The maximum Gasteiger partial charge on any atom is 0.309 e. The second-order valence-corrected chi connectivity index (χ2v) is 4.46. The monoisotopic (exact) mass is 252 g/mol. The summed E-state index contributed by atoms with van der Waals surface area (Å²) < 4.78 is 9.76. The Bertz CT molecular complexity index is 435. The minimum atomic E-state index is -0.408. The van der Waals surface area contributed by atoms with Gasteiger partial charge >= 0.3 is 5.97 Å². The SMILES string of the molecule is Cc1cc(NC(=O)COC(=O)C2CCCC2)no1. The maximum absolute atomic E-state index is 11.6. The number of carbonyl (C=O) groups excluding carboxylic acids is 2. The van der Waals surface area contributed by atoms with E-state index in [1.807, 2.05) is 0 Å². The summed E-state index contributed by atoms with van der Waals surface area (Å²) in [7, 11) is 0. The van der Waals surface area contributed by atoms with Crippen LogP contribution < -0.4 is 5.32 Å². The third kappa shape index (κ3) is 3.32. The lowest BCUT2D eigenvalue weighted by Crippen LogP contribution is -2.23. The maximum atomic E-state index is 11.6. The molecule has 1 aromatic rings. The van der Waals surface area contributed by atoms with Crippen molar-refractivity contribution in [2.45, 2.75) is 32.6 Å². The first kappa shape index (κ1) is 12.6. The van der Waals surface area contributed by atoms with Gasteiger partial charge in [-0.1, -0.05) is 18.0 Å². The number of carbonyl (C=O) groups is 2. The second-order valence-electron chi connectivity index (χ2n) is 4.46. The largest absolute Gasteiger partial charge is 0.455 e. The van der Waals surface area contributed by atoms with E-state index in [2.05, 4.69) is 10.5 Å². The Morgan fingerprint density at radius 3 is 2.83 bits per heavy atom. The molecule has 1 aliphatic rings. The summed E-state index contributed by atoms with van der Waals surface area (Å²) in [4.78, 5) is 23.0. The molecule has 1 saturated carbocycles. The van der Waals surface area contributed by atoms with Gasteiger partial charge in [0.1, 0.15) is 5.76 Å². The van der Waals surface area contributed by atoms with Gasteiger partial charge in [-0.15, -0.1) is 0 Å². The van der Waals surface area contributed by atoms with Crippen molar-refractivity contribution in [3.05, 3.63) is 11.8 Å². The highest BCUT2D eigenvalue weighted by molar-refractivity contribution is 5.92. The molecule has 98 valence electrons. The summed E-state index contributed by atoms with van der Waals surface area (Å²) in [6, 6.07) is 1.59. The van der Waals surface area contributed by atoms with E-state index >= 15 is 0 Å². The van der Waals surface area contributed by atoms with Crippen molar-refractivity contribution in [1.29, 1.82) is 0 Å². The second kappa shape index (κ2) is 5.66. The summed E-state index contributed by atoms with van der Waals surface area (Å²) in [6.07, 6.45) is 3.85. The highest BCUT2D eigenvalue weighted by Gasteiger charge is 2.24. The minimum Gasteiger partial charge on any atom is -0.455 e. The molecule has 0 unspecified atom stereocenters. The number of nitrogens with zero attached hydrogens (tertiary/aromatic N) is 1. The lowest BCUT2D eigenvalue weighted by Gasteiger charge is -2.08. The van der Waals surface area contributed by atoms with Crippen LogP contribution in [0, 0.1) is 12.8 Å². The molecule has 1 aromatic heterocycles. The standard InChI is InChI=1S/C12H16N2O4/c1-8-6-10(14-18-8)13-11(15)7-17-12(16)9-4-2-3-5-9/h6,9H,2-5,7H2,1H3,(H,13,14,15). The van der Waals surface area contributed by atoms with Crippen LogP contribution in [-0.2, 0) is 14.3 Å². The van der Waals surface area contributed by atoms with Crippen molar-refractivity contribution in [3.8, 4) is 0 Å². The van der Waals surface area contributed by atoms with Crippen molar-refractivity contribution in [3.63, 3.8) is 0 Å². The van der Waals surface area contributed by atoms with E-state index in [-0.39, 0.29) is 18.5 Å². The molecule has 1 aliphatic carbocycles. The van der Waals surface area contributed by atoms with E-state index in [9.17, 15) is 9.59 Å². The third-order valence-corrected chi connectivity index (χ3v) is 2.93. The molecule has 0 radical (unpaired) electrons. The van der Waals surface area contributed by atoms with E-state index in [4.69, 9.17) is 9.26 Å². The van der Waals surface area contributed by atoms with Crippen LogP contribution in [0.25, 0.3) is 0 Å². The quantitative estimate of drug-likeness (QED) is 0.824. The van der Waals surface area contributed by atoms with Crippen molar-refractivity contribution in [1.82, 2.24) is 5.16 Å². The predicted molar refractivity (Wildman–Crippen MR) is 62.8 cm³/mol. The molecular formula is C12H16N2O4. The number of aromatic nitrogens is 1. The van der Waals surface area contributed by atoms with Gasteiger partial charge < -0.3 is 14.6 Å². The highest BCUT2D eigenvalue weighted by Crippen LogP contribution is 2.25. The van der Waals surface area contributed by atoms with Crippen LogP contribution in [0.5, 0.6) is 0 Å². The molecule has 0 spiro atoms. The smallest absolute Gasteiger partial charge is 0.309 e. The molecule has 0 aromatic carbocycles. The Hall–Kier alpha value is -1.85. The number of aryl methyl sites for hydroxylation is 1. The van der Waals surface area contributed by atoms with Gasteiger partial charge in [0, 0.05) is 6.07 Å². The van der Waals surface area contributed by atoms with Crippen molar-refractivity contribution < 1.29 is 18.8 Å². The molecule has 0 aliphatic heterocycles. The average molecular weight is 252 g/mol. The summed E-state index contributed by atoms with van der Waals surface area (Å²) in [5, 5.41) is 6.10. The van der Waals surface area contributed by atoms with Crippen LogP contribution in [0.2, 0.25) is 0 Å². The molecule has 1 amide bonds. The van der Waals surface area contributed by atoms with E-state index in [1.165, 1.54) is 0 Å². The lowest BCUT2D eigenvalue weighted by atomic mass is 10.1. The molecular weight excluding hydrogens is 236 g/mol. The zero-order valence-electron chi connectivity index (χ0n) is 10.3. The summed E-state index contributed by atoms with van der Waals surface area (Å²) >= 11 is 0. The molecule has 1 fully saturated rings. The van der Waals surface area contributed by atoms with Gasteiger partial charge in [-0.25, -0.2) is 0 Å². The Balaban J connectivity index is 1.72. The highest BCUT2D eigenvalue weighted by atomic mass is 16.5. The molecule has 0 bridgehead atoms. The van der Waals surface area contributed by atoms with Gasteiger partial charge in [0.25, 0.3) is 5.91 Å². The van der Waals surface area contributed by atoms with Gasteiger partial charge in [0.2, 0.25) is 0 Å². The van der Waals surface area contributed by atoms with Crippen LogP contribution in [0.4, 0.5) is 5.82 Å². The number of amides is 1. The zero-order valence-corrected chi connectivity index (χ0v) is 10.3. The fraction of sp³-hybridized carbons (Fsp3) is 0.583. The van der Waals surface area contributed by atoms with Crippen LogP contribution in [0.3, 0.4) is 0 Å². The number of hydrogen-bond donors (Lipinski definition) is 1. The van der Waals surface area contributed by atoms with E-state index < -0.39 is 5.91 Å². The topological polar surface area (TPSA) is 81.4 Å². The van der Waals surface area contributed by atoms with Gasteiger partial charge in [-0.3, -0.25) is 9.59 Å². The van der Waals surface area contributed by atoms with E-state index in [0.717, 1.165) is 25.7 Å². The molecule has 0 atom stereocenters. The lowest BCUT2D eigenvalue weighted by molar-refractivity contribution is -0.151. The van der Waals surface area contributed by atoms with Crippen molar-refractivity contribution >= 4 is 17.7 Å². The Morgan fingerprint density at radius 1 is 1.50 bits per heavy atom. The zero-order chi connectivity index (χ0) is 13.0. The average Bonchev–Trinajstić information content (AvgIpc) is 2.97.